The lowest BCUT2D eigenvalue weighted by molar-refractivity contribution is -0.126. The fourth-order valence-electron chi connectivity index (χ4n) is 2.20. The zero-order chi connectivity index (χ0) is 13.7. The summed E-state index contributed by atoms with van der Waals surface area (Å²) in [5.74, 6) is 0.952. The summed E-state index contributed by atoms with van der Waals surface area (Å²) in [5.41, 5.74) is 1.13. The van der Waals surface area contributed by atoms with E-state index in [1.807, 2.05) is 24.3 Å². The Kier molecular flexibility index (Phi) is 5.25. The number of fused-ring (bicyclic) bond motifs is 1. The minimum atomic E-state index is -0.0645. The van der Waals surface area contributed by atoms with Crippen LogP contribution in [0.3, 0.4) is 0 Å². The van der Waals surface area contributed by atoms with Gasteiger partial charge in [-0.25, -0.2) is 0 Å². The van der Waals surface area contributed by atoms with Crippen molar-refractivity contribution in [3.05, 3.63) is 29.8 Å². The van der Waals surface area contributed by atoms with Crippen LogP contribution in [-0.4, -0.2) is 23.9 Å². The van der Waals surface area contributed by atoms with Gasteiger partial charge in [0.1, 0.15) is 12.4 Å². The molecule has 3 nitrogen and oxygen atoms in total. The monoisotopic (exact) mass is 325 g/mol. The molecule has 0 aromatic heterocycles. The van der Waals surface area contributed by atoms with Gasteiger partial charge >= 0.3 is 0 Å². The minimum absolute atomic E-state index is 0.0645. The highest BCUT2D eigenvalue weighted by molar-refractivity contribution is 9.09. The van der Waals surface area contributed by atoms with Gasteiger partial charge in [-0.3, -0.25) is 4.79 Å². The van der Waals surface area contributed by atoms with Crippen molar-refractivity contribution in [3.8, 4) is 5.75 Å². The van der Waals surface area contributed by atoms with Crippen LogP contribution in [-0.2, 0) is 11.2 Å². The molecule has 1 N–H and O–H groups in total. The quantitative estimate of drug-likeness (QED) is 0.845. The fourth-order valence-corrected chi connectivity index (χ4v) is 2.43. The van der Waals surface area contributed by atoms with E-state index in [4.69, 9.17) is 4.74 Å². The van der Waals surface area contributed by atoms with Crippen LogP contribution in [0, 0.1) is 5.92 Å². The summed E-state index contributed by atoms with van der Waals surface area (Å²) in [6.07, 6.45) is 2.82. The molecule has 0 fully saturated rings. The highest BCUT2D eigenvalue weighted by Crippen LogP contribution is 2.26. The van der Waals surface area contributed by atoms with E-state index in [1.165, 1.54) is 0 Å². The molecular formula is C15H20BrNO2. The lowest BCUT2D eigenvalue weighted by Crippen LogP contribution is -2.38. The summed E-state index contributed by atoms with van der Waals surface area (Å²) in [4.78, 5) is 12.6. The van der Waals surface area contributed by atoms with Crippen LogP contribution < -0.4 is 10.1 Å². The van der Waals surface area contributed by atoms with E-state index in [-0.39, 0.29) is 11.8 Å². The van der Waals surface area contributed by atoms with Gasteiger partial charge in [-0.2, -0.15) is 0 Å². The minimum Gasteiger partial charge on any atom is -0.492 e. The molecule has 0 aliphatic carbocycles. The molecule has 2 atom stereocenters. The van der Waals surface area contributed by atoms with Gasteiger partial charge < -0.3 is 10.1 Å². The molecule has 1 aromatic carbocycles. The Hall–Kier alpha value is -1.03. The van der Waals surface area contributed by atoms with Gasteiger partial charge in [0, 0.05) is 11.4 Å². The zero-order valence-electron chi connectivity index (χ0n) is 11.2. The first-order valence-corrected chi connectivity index (χ1v) is 7.74. The number of carbonyl (C=O) groups is 1. The van der Waals surface area contributed by atoms with Crippen LogP contribution >= 0.6 is 15.9 Å². The van der Waals surface area contributed by atoms with Gasteiger partial charge in [0.2, 0.25) is 5.91 Å². The highest BCUT2D eigenvalue weighted by Gasteiger charge is 2.25. The van der Waals surface area contributed by atoms with E-state index in [0.29, 0.717) is 11.4 Å². The molecule has 0 spiro atoms. The third-order valence-corrected chi connectivity index (χ3v) is 4.55. The van der Waals surface area contributed by atoms with Crippen LogP contribution in [0.1, 0.15) is 25.3 Å². The van der Waals surface area contributed by atoms with E-state index in [1.54, 1.807) is 0 Å². The first kappa shape index (κ1) is 14.4. The lowest BCUT2D eigenvalue weighted by atomic mass is 9.96. The highest BCUT2D eigenvalue weighted by atomic mass is 79.9. The summed E-state index contributed by atoms with van der Waals surface area (Å²) < 4.78 is 5.64. The van der Waals surface area contributed by atoms with Gasteiger partial charge in [-0.15, -0.1) is 0 Å². The Labute approximate surface area is 122 Å². The standard InChI is InChI=1S/C15H20BrNO2/c1-2-13(16)7-8-17-15(18)12-9-11-5-3-4-6-14(11)19-10-12/h3-6,12-13H,2,7-10H2,1H3,(H,17,18). The van der Waals surface area contributed by atoms with Crippen molar-refractivity contribution in [1.29, 1.82) is 0 Å². The Bertz CT molecular complexity index is 436. The molecule has 0 saturated heterocycles. The van der Waals surface area contributed by atoms with Gasteiger partial charge in [-0.05, 0) is 30.9 Å². The molecule has 2 unspecified atom stereocenters. The maximum absolute atomic E-state index is 12.1. The molecule has 0 radical (unpaired) electrons. The lowest BCUT2D eigenvalue weighted by Gasteiger charge is -2.24. The van der Waals surface area contributed by atoms with E-state index in [9.17, 15) is 4.79 Å². The van der Waals surface area contributed by atoms with Gasteiger partial charge in [0.05, 0.1) is 5.92 Å². The number of amides is 1. The second-order valence-electron chi connectivity index (χ2n) is 4.91. The van der Waals surface area contributed by atoms with Crippen molar-refractivity contribution in [2.75, 3.05) is 13.2 Å². The molecule has 4 heteroatoms. The van der Waals surface area contributed by atoms with Crippen LogP contribution in [0.4, 0.5) is 0 Å². The Morgan fingerprint density at radius 3 is 3.11 bits per heavy atom. The number of hydrogen-bond donors (Lipinski definition) is 1. The zero-order valence-corrected chi connectivity index (χ0v) is 12.8. The third kappa shape index (κ3) is 3.96. The molecule has 1 aromatic rings. The topological polar surface area (TPSA) is 38.3 Å². The van der Waals surface area contributed by atoms with Crippen molar-refractivity contribution in [2.45, 2.75) is 31.0 Å². The predicted octanol–water partition coefficient (Wildman–Crippen LogP) is 2.92. The Balaban J connectivity index is 1.82. The van der Waals surface area contributed by atoms with Gasteiger partial charge in [-0.1, -0.05) is 41.1 Å². The molecule has 1 aliphatic rings. The van der Waals surface area contributed by atoms with E-state index >= 15 is 0 Å². The number of hydrogen-bond acceptors (Lipinski definition) is 2. The number of nitrogens with one attached hydrogen (secondary N) is 1. The number of halogens is 1. The molecule has 0 saturated carbocycles. The van der Waals surface area contributed by atoms with Crippen LogP contribution in [0.5, 0.6) is 5.75 Å². The van der Waals surface area contributed by atoms with Crippen molar-refractivity contribution in [2.24, 2.45) is 5.92 Å². The predicted molar refractivity (Wildman–Crippen MR) is 79.8 cm³/mol. The Morgan fingerprint density at radius 1 is 1.53 bits per heavy atom. The van der Waals surface area contributed by atoms with Gasteiger partial charge in [0.15, 0.2) is 0 Å². The molecule has 0 bridgehead atoms. The number of alkyl halides is 1. The Morgan fingerprint density at radius 2 is 2.32 bits per heavy atom. The molecule has 1 aliphatic heterocycles. The maximum atomic E-state index is 12.1. The summed E-state index contributed by atoms with van der Waals surface area (Å²) in [5, 5.41) is 3.00. The summed E-state index contributed by atoms with van der Waals surface area (Å²) in [6, 6.07) is 7.93. The molecule has 1 heterocycles. The fraction of sp³-hybridized carbons (Fsp3) is 0.533. The average molecular weight is 326 g/mol. The molecular weight excluding hydrogens is 306 g/mol. The average Bonchev–Trinajstić information content (AvgIpc) is 2.46. The number of para-hydroxylation sites is 1. The van der Waals surface area contributed by atoms with Crippen molar-refractivity contribution >= 4 is 21.8 Å². The second kappa shape index (κ2) is 6.94. The molecule has 2 rings (SSSR count). The van der Waals surface area contributed by atoms with Crippen LogP contribution in [0.2, 0.25) is 0 Å². The summed E-state index contributed by atoms with van der Waals surface area (Å²) in [7, 11) is 0. The smallest absolute Gasteiger partial charge is 0.226 e. The number of benzene rings is 1. The normalized spacial score (nSPS) is 19.2. The third-order valence-electron chi connectivity index (χ3n) is 3.45. The van der Waals surface area contributed by atoms with Gasteiger partial charge in [0.25, 0.3) is 0 Å². The number of rotatable bonds is 5. The second-order valence-corrected chi connectivity index (χ2v) is 6.20. The van der Waals surface area contributed by atoms with Crippen molar-refractivity contribution in [1.82, 2.24) is 5.32 Å². The van der Waals surface area contributed by atoms with Crippen molar-refractivity contribution in [3.63, 3.8) is 0 Å². The maximum Gasteiger partial charge on any atom is 0.226 e. The number of ether oxygens (including phenoxy) is 1. The largest absolute Gasteiger partial charge is 0.492 e. The van der Waals surface area contributed by atoms with E-state index in [2.05, 4.69) is 28.2 Å². The summed E-state index contributed by atoms with van der Waals surface area (Å²) in [6.45, 7) is 3.34. The summed E-state index contributed by atoms with van der Waals surface area (Å²) >= 11 is 3.57. The first-order valence-electron chi connectivity index (χ1n) is 6.83. The first-order chi connectivity index (χ1) is 9.20. The van der Waals surface area contributed by atoms with Crippen LogP contribution in [0.15, 0.2) is 24.3 Å². The molecule has 1 amide bonds. The van der Waals surface area contributed by atoms with E-state index in [0.717, 1.165) is 37.1 Å². The molecule has 19 heavy (non-hydrogen) atoms. The van der Waals surface area contributed by atoms with Crippen molar-refractivity contribution < 1.29 is 9.53 Å². The SMILES string of the molecule is CCC(Br)CCNC(=O)C1COc2ccccc2C1. The van der Waals surface area contributed by atoms with Crippen LogP contribution in [0.25, 0.3) is 0 Å². The molecule has 104 valence electrons. The number of carbonyl (C=O) groups excluding carboxylic acids is 1. The van der Waals surface area contributed by atoms with E-state index < -0.39 is 0 Å².